The van der Waals surface area contributed by atoms with Gasteiger partial charge in [0.2, 0.25) is 0 Å². The zero-order valence-electron chi connectivity index (χ0n) is 11.8. The predicted molar refractivity (Wildman–Crippen MR) is 84.1 cm³/mol. The molecule has 0 saturated carbocycles. The van der Waals surface area contributed by atoms with Gasteiger partial charge in [0, 0.05) is 28.6 Å². The highest BCUT2D eigenvalue weighted by Gasteiger charge is 2.25. The fourth-order valence-electron chi connectivity index (χ4n) is 2.36. The summed E-state index contributed by atoms with van der Waals surface area (Å²) in [7, 11) is -3.01. The Morgan fingerprint density at radius 1 is 1.17 bits per heavy atom. The van der Waals surface area contributed by atoms with Crippen LogP contribution in [-0.4, -0.2) is 15.0 Å². The standard InChI is InChI=1S/C16H13F2NO3S/c17-11-4-5-14(18)10(8-11)9-19-16(20)13-2-1-3-15-12(13)6-7-23(15,21)22/h1-8,21-22H,9H2,(H,19,20). The molecule has 0 radical (unpaired) electrons. The van der Waals surface area contributed by atoms with E-state index in [-0.39, 0.29) is 22.6 Å². The van der Waals surface area contributed by atoms with E-state index in [1.807, 2.05) is 0 Å². The van der Waals surface area contributed by atoms with E-state index in [0.29, 0.717) is 5.56 Å². The Morgan fingerprint density at radius 3 is 2.74 bits per heavy atom. The molecule has 2 aromatic carbocycles. The number of carbonyl (C=O) groups is 1. The Hall–Kier alpha value is -2.22. The number of rotatable bonds is 3. The molecule has 2 aromatic rings. The first kappa shape index (κ1) is 15.7. The largest absolute Gasteiger partial charge is 0.348 e. The SMILES string of the molecule is O=C(NCc1cc(F)ccc1F)c1cccc2c1C=CS2(O)O. The summed E-state index contributed by atoms with van der Waals surface area (Å²) in [5.41, 5.74) is 0.698. The van der Waals surface area contributed by atoms with E-state index in [4.69, 9.17) is 0 Å². The Labute approximate surface area is 132 Å². The number of amides is 1. The maximum atomic E-state index is 13.6. The van der Waals surface area contributed by atoms with Gasteiger partial charge in [-0.25, -0.2) is 8.78 Å². The monoisotopic (exact) mass is 337 g/mol. The summed E-state index contributed by atoms with van der Waals surface area (Å²) in [5, 5.41) is 3.76. The van der Waals surface area contributed by atoms with Crippen LogP contribution in [0.5, 0.6) is 0 Å². The van der Waals surface area contributed by atoms with E-state index in [1.165, 1.54) is 29.7 Å². The third-order valence-electron chi connectivity index (χ3n) is 3.51. The minimum Gasteiger partial charge on any atom is -0.348 e. The van der Waals surface area contributed by atoms with Gasteiger partial charge in [0.15, 0.2) is 0 Å². The molecule has 0 atom stereocenters. The second-order valence-electron chi connectivity index (χ2n) is 5.03. The maximum absolute atomic E-state index is 13.6. The third-order valence-corrected chi connectivity index (χ3v) is 5.02. The van der Waals surface area contributed by atoms with Gasteiger partial charge in [-0.1, -0.05) is 6.07 Å². The molecule has 0 saturated heterocycles. The normalized spacial score (nSPS) is 16.0. The molecule has 1 heterocycles. The van der Waals surface area contributed by atoms with Crippen molar-refractivity contribution in [3.8, 4) is 0 Å². The van der Waals surface area contributed by atoms with Gasteiger partial charge in [-0.15, -0.1) is 10.6 Å². The maximum Gasteiger partial charge on any atom is 0.252 e. The van der Waals surface area contributed by atoms with E-state index in [9.17, 15) is 22.7 Å². The highest BCUT2D eigenvalue weighted by molar-refractivity contribution is 8.27. The average Bonchev–Trinajstić information content (AvgIpc) is 2.83. The minimum atomic E-state index is -3.01. The quantitative estimate of drug-likeness (QED) is 0.793. The summed E-state index contributed by atoms with van der Waals surface area (Å²) in [4.78, 5) is 12.5. The van der Waals surface area contributed by atoms with Crippen molar-refractivity contribution >= 4 is 22.6 Å². The number of halogens is 2. The molecule has 0 spiro atoms. The van der Waals surface area contributed by atoms with Crippen LogP contribution in [0.15, 0.2) is 46.7 Å². The zero-order chi connectivity index (χ0) is 16.6. The molecule has 3 N–H and O–H groups in total. The molecule has 7 heteroatoms. The van der Waals surface area contributed by atoms with Crippen molar-refractivity contribution in [2.45, 2.75) is 11.4 Å². The van der Waals surface area contributed by atoms with Crippen molar-refractivity contribution < 1.29 is 22.7 Å². The summed E-state index contributed by atoms with van der Waals surface area (Å²) < 4.78 is 46.4. The molecule has 3 rings (SSSR count). The molecule has 0 fully saturated rings. The second kappa shape index (κ2) is 5.77. The lowest BCUT2D eigenvalue weighted by atomic mass is 10.1. The zero-order valence-corrected chi connectivity index (χ0v) is 12.6. The summed E-state index contributed by atoms with van der Waals surface area (Å²) in [6.07, 6.45) is 1.47. The summed E-state index contributed by atoms with van der Waals surface area (Å²) in [6.45, 7) is -0.175. The van der Waals surface area contributed by atoms with E-state index < -0.39 is 28.1 Å². The number of nitrogens with one attached hydrogen (secondary N) is 1. The predicted octanol–water partition coefficient (Wildman–Crippen LogP) is 3.99. The molecular weight excluding hydrogens is 324 g/mol. The van der Waals surface area contributed by atoms with Crippen molar-refractivity contribution in [2.75, 3.05) is 0 Å². The molecule has 120 valence electrons. The summed E-state index contributed by atoms with van der Waals surface area (Å²) in [6, 6.07) is 7.61. The van der Waals surface area contributed by atoms with Crippen LogP contribution in [0.4, 0.5) is 8.78 Å². The lowest BCUT2D eigenvalue weighted by molar-refractivity contribution is 0.0950. The van der Waals surface area contributed by atoms with Gasteiger partial charge in [0.1, 0.15) is 11.6 Å². The number of hydrogen-bond acceptors (Lipinski definition) is 3. The molecule has 1 aliphatic heterocycles. The molecule has 0 unspecified atom stereocenters. The molecule has 23 heavy (non-hydrogen) atoms. The first-order valence-electron chi connectivity index (χ1n) is 6.70. The fourth-order valence-corrected chi connectivity index (χ4v) is 3.61. The van der Waals surface area contributed by atoms with Gasteiger partial charge in [0.25, 0.3) is 5.91 Å². The van der Waals surface area contributed by atoms with Crippen LogP contribution in [0.3, 0.4) is 0 Å². The Balaban J connectivity index is 1.82. The first-order chi connectivity index (χ1) is 10.9. The summed E-state index contributed by atoms with van der Waals surface area (Å²) >= 11 is 0. The molecule has 0 bridgehead atoms. The second-order valence-corrected chi connectivity index (χ2v) is 6.93. The Kier molecular flexibility index (Phi) is 3.93. The van der Waals surface area contributed by atoms with Gasteiger partial charge >= 0.3 is 0 Å². The molecule has 0 aromatic heterocycles. The van der Waals surface area contributed by atoms with E-state index >= 15 is 0 Å². The Bertz CT molecular complexity index is 821. The Morgan fingerprint density at radius 2 is 1.96 bits per heavy atom. The summed E-state index contributed by atoms with van der Waals surface area (Å²) in [5.74, 6) is -1.71. The van der Waals surface area contributed by atoms with Crippen molar-refractivity contribution in [1.29, 1.82) is 0 Å². The lowest BCUT2D eigenvalue weighted by Gasteiger charge is -2.25. The van der Waals surface area contributed by atoms with Gasteiger partial charge in [0.05, 0.1) is 4.90 Å². The van der Waals surface area contributed by atoms with Crippen molar-refractivity contribution in [3.05, 3.63) is 70.1 Å². The van der Waals surface area contributed by atoms with Crippen LogP contribution < -0.4 is 5.32 Å². The highest BCUT2D eigenvalue weighted by atomic mass is 32.3. The number of benzene rings is 2. The molecular formula is C16H13F2NO3S. The molecule has 1 aliphatic rings. The lowest BCUT2D eigenvalue weighted by Crippen LogP contribution is -2.24. The highest BCUT2D eigenvalue weighted by Crippen LogP contribution is 2.56. The van der Waals surface area contributed by atoms with Crippen molar-refractivity contribution in [3.63, 3.8) is 0 Å². The van der Waals surface area contributed by atoms with Crippen LogP contribution >= 0.6 is 10.6 Å². The van der Waals surface area contributed by atoms with Crippen molar-refractivity contribution in [1.82, 2.24) is 5.32 Å². The van der Waals surface area contributed by atoms with Gasteiger partial charge in [-0.05, 0) is 36.4 Å². The molecule has 1 amide bonds. The van der Waals surface area contributed by atoms with Crippen LogP contribution in [0.1, 0.15) is 21.5 Å². The topological polar surface area (TPSA) is 69.6 Å². The number of fused-ring (bicyclic) bond motifs is 1. The van der Waals surface area contributed by atoms with Crippen LogP contribution in [-0.2, 0) is 6.54 Å². The fraction of sp³-hybridized carbons (Fsp3) is 0.0625. The first-order valence-corrected chi connectivity index (χ1v) is 8.31. The number of hydrogen-bond donors (Lipinski definition) is 3. The van der Waals surface area contributed by atoms with E-state index in [2.05, 4.69) is 5.32 Å². The van der Waals surface area contributed by atoms with E-state index in [0.717, 1.165) is 18.2 Å². The van der Waals surface area contributed by atoms with Gasteiger partial charge in [-0.2, -0.15) is 0 Å². The van der Waals surface area contributed by atoms with Gasteiger partial charge < -0.3 is 5.32 Å². The van der Waals surface area contributed by atoms with Crippen LogP contribution in [0.25, 0.3) is 6.08 Å². The number of carbonyl (C=O) groups excluding carboxylic acids is 1. The van der Waals surface area contributed by atoms with Crippen LogP contribution in [0, 0.1) is 11.6 Å². The molecule has 4 nitrogen and oxygen atoms in total. The van der Waals surface area contributed by atoms with Crippen LogP contribution in [0.2, 0.25) is 0 Å². The van der Waals surface area contributed by atoms with Crippen molar-refractivity contribution in [2.24, 2.45) is 0 Å². The molecule has 0 aliphatic carbocycles. The smallest absolute Gasteiger partial charge is 0.252 e. The average molecular weight is 337 g/mol. The third kappa shape index (κ3) is 2.98. The minimum absolute atomic E-state index is 0.0331. The van der Waals surface area contributed by atoms with E-state index in [1.54, 1.807) is 0 Å². The van der Waals surface area contributed by atoms with Gasteiger partial charge in [-0.3, -0.25) is 13.9 Å².